The fourth-order valence-electron chi connectivity index (χ4n) is 3.70. The van der Waals surface area contributed by atoms with Crippen molar-refractivity contribution in [2.45, 2.75) is 43.9 Å². The van der Waals surface area contributed by atoms with Crippen molar-refractivity contribution in [2.24, 2.45) is 0 Å². The topological polar surface area (TPSA) is 132 Å². The van der Waals surface area contributed by atoms with E-state index in [0.717, 1.165) is 15.4 Å². The van der Waals surface area contributed by atoms with E-state index in [0.29, 0.717) is 17.1 Å². The Balaban J connectivity index is 1.47. The zero-order chi connectivity index (χ0) is 24.5. The molecule has 1 fully saturated rings. The first-order chi connectivity index (χ1) is 16.2. The van der Waals surface area contributed by atoms with Gasteiger partial charge in [0, 0.05) is 18.5 Å². The summed E-state index contributed by atoms with van der Waals surface area (Å²) < 4.78 is 43.0. The number of aryl methyl sites for hydroxylation is 2. The molecule has 0 spiro atoms. The number of β-amino-alcohol motifs (C(OH)–C–C–N with tert-alkyl or cyclic N) is 1. The summed E-state index contributed by atoms with van der Waals surface area (Å²) in [6.07, 6.45) is -1.05. The molecule has 0 amide bonds. The average molecular weight is 488 g/mol. The fraction of sp³-hybridized carbons (Fsp3) is 0.348. The number of hydrogen-bond donors (Lipinski definition) is 1. The van der Waals surface area contributed by atoms with Crippen LogP contribution in [0.4, 0.5) is 0 Å². The summed E-state index contributed by atoms with van der Waals surface area (Å²) in [7, 11) is -2.47. The lowest BCUT2D eigenvalue weighted by atomic mass is 10.1. The Morgan fingerprint density at radius 2 is 2.00 bits per heavy atom. The quantitative estimate of drug-likeness (QED) is 0.498. The van der Waals surface area contributed by atoms with Crippen molar-refractivity contribution in [3.63, 3.8) is 0 Å². The number of benzene rings is 2. The summed E-state index contributed by atoms with van der Waals surface area (Å²) in [4.78, 5) is 17.1. The van der Waals surface area contributed by atoms with Gasteiger partial charge in [0.15, 0.2) is 6.61 Å². The molecule has 1 saturated heterocycles. The summed E-state index contributed by atoms with van der Waals surface area (Å²) in [6.45, 7) is 3.15. The molecule has 1 aliphatic rings. The van der Waals surface area contributed by atoms with E-state index in [1.165, 1.54) is 6.07 Å². The summed E-state index contributed by atoms with van der Waals surface area (Å²) in [5, 5.41) is 14.0. The minimum Gasteiger partial charge on any atom is -0.497 e. The number of aliphatic hydroxyl groups is 1. The number of sulfonamides is 1. The molecule has 180 valence electrons. The molecular weight excluding hydrogens is 462 g/mol. The monoisotopic (exact) mass is 487 g/mol. The molecule has 10 nitrogen and oxygen atoms in total. The zero-order valence-corrected chi connectivity index (χ0v) is 19.8. The second-order valence-electron chi connectivity index (χ2n) is 8.08. The van der Waals surface area contributed by atoms with Crippen LogP contribution in [-0.4, -0.2) is 59.7 Å². The highest BCUT2D eigenvalue weighted by Crippen LogP contribution is 2.28. The highest BCUT2D eigenvalue weighted by Gasteiger charge is 2.44. The van der Waals surface area contributed by atoms with E-state index in [2.05, 4.69) is 10.1 Å². The lowest BCUT2D eigenvalue weighted by Crippen LogP contribution is -2.41. The SMILES string of the molecule is COc1cccc(-c2noc(COC(=O)C3CC(O)CN3S(=O)(=O)c3ccc(C)c(C)c3)n2)c1. The molecule has 2 unspecified atom stereocenters. The van der Waals surface area contributed by atoms with Crippen molar-refractivity contribution in [3.8, 4) is 17.1 Å². The van der Waals surface area contributed by atoms with Gasteiger partial charge >= 0.3 is 5.97 Å². The Kier molecular flexibility index (Phi) is 6.69. The van der Waals surface area contributed by atoms with E-state index >= 15 is 0 Å². The molecule has 0 saturated carbocycles. The van der Waals surface area contributed by atoms with Crippen LogP contribution in [0.25, 0.3) is 11.4 Å². The van der Waals surface area contributed by atoms with Crippen LogP contribution < -0.4 is 4.74 Å². The van der Waals surface area contributed by atoms with Gasteiger partial charge in [0.2, 0.25) is 15.8 Å². The molecule has 4 rings (SSSR count). The third-order valence-electron chi connectivity index (χ3n) is 5.72. The van der Waals surface area contributed by atoms with Crippen molar-refractivity contribution in [1.29, 1.82) is 0 Å². The summed E-state index contributed by atoms with van der Waals surface area (Å²) in [6, 6.07) is 10.6. The van der Waals surface area contributed by atoms with E-state index in [1.807, 2.05) is 13.8 Å². The zero-order valence-electron chi connectivity index (χ0n) is 19.0. The first-order valence-corrected chi connectivity index (χ1v) is 12.0. The van der Waals surface area contributed by atoms with Gasteiger partial charge in [-0.3, -0.25) is 4.79 Å². The first kappa shape index (κ1) is 23.9. The molecule has 2 atom stereocenters. The van der Waals surface area contributed by atoms with Gasteiger partial charge in [-0.2, -0.15) is 9.29 Å². The van der Waals surface area contributed by atoms with Gasteiger partial charge in [-0.15, -0.1) is 0 Å². The van der Waals surface area contributed by atoms with Crippen molar-refractivity contribution in [2.75, 3.05) is 13.7 Å². The fourth-order valence-corrected chi connectivity index (χ4v) is 5.41. The number of carbonyl (C=O) groups excluding carboxylic acids is 1. The van der Waals surface area contributed by atoms with Crippen LogP contribution in [0.2, 0.25) is 0 Å². The lowest BCUT2D eigenvalue weighted by molar-refractivity contribution is -0.149. The van der Waals surface area contributed by atoms with E-state index in [9.17, 15) is 18.3 Å². The lowest BCUT2D eigenvalue weighted by Gasteiger charge is -2.22. The Morgan fingerprint density at radius 1 is 1.21 bits per heavy atom. The van der Waals surface area contributed by atoms with Crippen LogP contribution in [0.1, 0.15) is 23.4 Å². The number of hydrogen-bond acceptors (Lipinski definition) is 9. The number of methoxy groups -OCH3 is 1. The maximum absolute atomic E-state index is 13.2. The molecule has 1 aromatic heterocycles. The predicted molar refractivity (Wildman–Crippen MR) is 120 cm³/mol. The van der Waals surface area contributed by atoms with Gasteiger partial charge in [0.25, 0.3) is 5.89 Å². The number of nitrogens with zero attached hydrogens (tertiary/aromatic N) is 3. The molecule has 11 heteroatoms. The number of esters is 1. The molecule has 0 radical (unpaired) electrons. The second kappa shape index (κ2) is 9.53. The van der Waals surface area contributed by atoms with E-state index in [4.69, 9.17) is 14.0 Å². The predicted octanol–water partition coefficient (Wildman–Crippen LogP) is 2.23. The van der Waals surface area contributed by atoms with Crippen LogP contribution in [0.15, 0.2) is 51.9 Å². The molecule has 0 aliphatic carbocycles. The normalized spacial score (nSPS) is 18.7. The summed E-state index contributed by atoms with van der Waals surface area (Å²) in [5.41, 5.74) is 2.41. The van der Waals surface area contributed by atoms with E-state index in [-0.39, 0.29) is 30.4 Å². The van der Waals surface area contributed by atoms with Crippen LogP contribution in [0, 0.1) is 13.8 Å². The van der Waals surface area contributed by atoms with Gasteiger partial charge in [0.05, 0.1) is 18.1 Å². The van der Waals surface area contributed by atoms with Gasteiger partial charge in [-0.05, 0) is 49.2 Å². The summed E-state index contributed by atoms with van der Waals surface area (Å²) in [5.74, 6) is 0.165. The van der Waals surface area contributed by atoms with Gasteiger partial charge in [-0.1, -0.05) is 23.4 Å². The third kappa shape index (κ3) is 4.81. The maximum Gasteiger partial charge on any atom is 0.325 e. The minimum atomic E-state index is -4.02. The number of ether oxygens (including phenoxy) is 2. The molecule has 1 aliphatic heterocycles. The standard InChI is InChI=1S/C23H25N3O7S/c1-14-7-8-19(9-15(14)2)34(29,30)26-12-17(27)11-20(26)23(28)32-13-21-24-22(25-33-21)16-5-4-6-18(10-16)31-3/h4-10,17,20,27H,11-13H2,1-3H3. The van der Waals surface area contributed by atoms with Crippen molar-refractivity contribution >= 4 is 16.0 Å². The molecule has 2 heterocycles. The Hall–Kier alpha value is -3.28. The number of rotatable bonds is 7. The second-order valence-corrected chi connectivity index (χ2v) is 9.97. The molecule has 3 aromatic rings. The first-order valence-electron chi connectivity index (χ1n) is 10.6. The average Bonchev–Trinajstić information content (AvgIpc) is 3.46. The smallest absolute Gasteiger partial charge is 0.325 e. The highest BCUT2D eigenvalue weighted by atomic mass is 32.2. The van der Waals surface area contributed by atoms with Gasteiger partial charge in [-0.25, -0.2) is 8.42 Å². The Labute approximate surface area is 197 Å². The number of aromatic nitrogens is 2. The van der Waals surface area contributed by atoms with Crippen molar-refractivity contribution in [3.05, 3.63) is 59.5 Å². The van der Waals surface area contributed by atoms with Crippen LogP contribution in [-0.2, 0) is 26.2 Å². The molecule has 2 aromatic carbocycles. The largest absolute Gasteiger partial charge is 0.497 e. The Morgan fingerprint density at radius 3 is 2.74 bits per heavy atom. The Bertz CT molecular complexity index is 1310. The molecule has 34 heavy (non-hydrogen) atoms. The van der Waals surface area contributed by atoms with Crippen molar-refractivity contribution < 1.29 is 32.3 Å². The number of aliphatic hydroxyl groups excluding tert-OH is 1. The van der Waals surface area contributed by atoms with Crippen molar-refractivity contribution in [1.82, 2.24) is 14.4 Å². The van der Waals surface area contributed by atoms with Gasteiger partial charge < -0.3 is 19.1 Å². The van der Waals surface area contributed by atoms with Crippen LogP contribution in [0.3, 0.4) is 0 Å². The molecular formula is C23H25N3O7S. The van der Waals surface area contributed by atoms with E-state index in [1.54, 1.807) is 43.5 Å². The third-order valence-corrected chi connectivity index (χ3v) is 7.60. The molecule has 0 bridgehead atoms. The maximum atomic E-state index is 13.2. The molecule has 1 N–H and O–H groups in total. The van der Waals surface area contributed by atoms with E-state index < -0.39 is 28.1 Å². The van der Waals surface area contributed by atoms with Crippen LogP contribution >= 0.6 is 0 Å². The minimum absolute atomic E-state index is 0.0493. The highest BCUT2D eigenvalue weighted by molar-refractivity contribution is 7.89. The van der Waals surface area contributed by atoms with Gasteiger partial charge in [0.1, 0.15) is 11.8 Å². The number of carbonyl (C=O) groups is 1. The van der Waals surface area contributed by atoms with Crippen LogP contribution in [0.5, 0.6) is 5.75 Å². The summed E-state index contributed by atoms with van der Waals surface area (Å²) >= 11 is 0.